The number of aliphatic hydroxyl groups is 1. The summed E-state index contributed by atoms with van der Waals surface area (Å²) in [5.41, 5.74) is 0.909. The number of rotatable bonds is 9. The molecule has 0 aromatic heterocycles. The van der Waals surface area contributed by atoms with Crippen LogP contribution < -0.4 is 24.3 Å². The van der Waals surface area contributed by atoms with E-state index in [9.17, 15) is 19.5 Å². The lowest BCUT2D eigenvalue weighted by molar-refractivity contribution is -0.145. The summed E-state index contributed by atoms with van der Waals surface area (Å²) in [6, 6.07) is 8.14. The second-order valence-corrected chi connectivity index (χ2v) is 7.12. The van der Waals surface area contributed by atoms with Crippen molar-refractivity contribution in [1.29, 1.82) is 0 Å². The number of aliphatic hydroxyl groups excluding tert-OH is 1. The molecule has 0 aliphatic carbocycles. The van der Waals surface area contributed by atoms with Gasteiger partial charge in [-0.1, -0.05) is 0 Å². The minimum Gasteiger partial charge on any atom is -0.497 e. The Morgan fingerprint density at radius 1 is 1.12 bits per heavy atom. The molecule has 0 saturated heterocycles. The average molecular weight is 457 g/mol. The van der Waals surface area contributed by atoms with Crippen LogP contribution in [0, 0.1) is 0 Å². The normalized spacial score (nSPS) is 15.3. The van der Waals surface area contributed by atoms with E-state index in [0.717, 1.165) is 0 Å². The quantitative estimate of drug-likeness (QED) is 0.479. The number of carbonyl (C=O) groups excluding carboxylic acids is 2. The lowest BCUT2D eigenvalue weighted by Gasteiger charge is -2.17. The molecule has 10 nitrogen and oxygen atoms in total. The van der Waals surface area contributed by atoms with E-state index in [4.69, 9.17) is 24.1 Å². The highest BCUT2D eigenvalue weighted by Crippen LogP contribution is 2.36. The van der Waals surface area contributed by atoms with Crippen molar-refractivity contribution in [2.45, 2.75) is 19.1 Å². The highest BCUT2D eigenvalue weighted by Gasteiger charge is 2.29. The zero-order valence-electron chi connectivity index (χ0n) is 18.2. The number of methoxy groups -OCH3 is 2. The fourth-order valence-corrected chi connectivity index (χ4v) is 3.10. The van der Waals surface area contributed by atoms with Crippen LogP contribution in [0.15, 0.2) is 42.2 Å². The summed E-state index contributed by atoms with van der Waals surface area (Å²) >= 11 is 0. The van der Waals surface area contributed by atoms with Crippen LogP contribution in [0.2, 0.25) is 0 Å². The van der Waals surface area contributed by atoms with Crippen molar-refractivity contribution < 1.29 is 43.5 Å². The van der Waals surface area contributed by atoms with Crippen LogP contribution in [0.1, 0.15) is 22.8 Å². The van der Waals surface area contributed by atoms with E-state index in [0.29, 0.717) is 22.6 Å². The number of hydrogen-bond acceptors (Lipinski definition) is 8. The second-order valence-electron chi connectivity index (χ2n) is 7.12. The number of carboxylic acid groups (broad SMARTS) is 1. The molecule has 0 bridgehead atoms. The van der Waals surface area contributed by atoms with E-state index in [1.807, 2.05) is 0 Å². The minimum absolute atomic E-state index is 0.0766. The summed E-state index contributed by atoms with van der Waals surface area (Å²) < 4.78 is 21.6. The SMILES string of the molecule is COc1ccc(OC)c(/C=C2\Oc3cc(OCC(=O)N[C@@H](C(=O)O)[C@H](C)O)ccc3C2=O)c1. The van der Waals surface area contributed by atoms with Gasteiger partial charge in [-0.25, -0.2) is 4.79 Å². The Balaban J connectivity index is 1.72. The van der Waals surface area contributed by atoms with Crippen molar-refractivity contribution in [3.8, 4) is 23.0 Å². The van der Waals surface area contributed by atoms with Gasteiger partial charge in [0.25, 0.3) is 5.91 Å². The third-order valence-corrected chi connectivity index (χ3v) is 4.80. The molecule has 2 atom stereocenters. The van der Waals surface area contributed by atoms with Crippen LogP contribution in [0.3, 0.4) is 0 Å². The molecule has 1 amide bonds. The highest BCUT2D eigenvalue weighted by atomic mass is 16.5. The number of ketones is 1. The van der Waals surface area contributed by atoms with Crippen LogP contribution in [-0.4, -0.2) is 60.8 Å². The third kappa shape index (κ3) is 5.42. The van der Waals surface area contributed by atoms with E-state index in [1.165, 1.54) is 39.3 Å². The molecule has 0 unspecified atom stereocenters. The molecule has 1 aliphatic heterocycles. The number of carbonyl (C=O) groups is 3. The lowest BCUT2D eigenvalue weighted by atomic mass is 10.1. The van der Waals surface area contributed by atoms with Gasteiger partial charge in [-0.3, -0.25) is 9.59 Å². The molecule has 0 radical (unpaired) electrons. The van der Waals surface area contributed by atoms with Gasteiger partial charge in [-0.2, -0.15) is 0 Å². The molecule has 1 heterocycles. The molecule has 2 aromatic rings. The fourth-order valence-electron chi connectivity index (χ4n) is 3.10. The number of carboxylic acids is 1. The number of ether oxygens (including phenoxy) is 4. The standard InChI is InChI=1S/C23H23NO9/c1-12(25)21(23(28)29)24-20(26)11-32-15-4-6-16-18(10-15)33-19(22(16)27)9-13-8-14(30-2)5-7-17(13)31-3/h4-10,12,21,25H,11H2,1-3H3,(H,24,26)(H,28,29)/b19-9-/t12-,21+/m0/s1. The Morgan fingerprint density at radius 3 is 2.48 bits per heavy atom. The van der Waals surface area contributed by atoms with Gasteiger partial charge >= 0.3 is 5.97 Å². The molecule has 10 heteroatoms. The Morgan fingerprint density at radius 2 is 1.85 bits per heavy atom. The molecule has 0 saturated carbocycles. The molecule has 3 rings (SSSR count). The predicted octanol–water partition coefficient (Wildman–Crippen LogP) is 1.65. The van der Waals surface area contributed by atoms with Crippen LogP contribution in [0.5, 0.6) is 23.0 Å². The molecule has 33 heavy (non-hydrogen) atoms. The number of fused-ring (bicyclic) bond motifs is 1. The van der Waals surface area contributed by atoms with Gasteiger partial charge in [0.1, 0.15) is 23.0 Å². The van der Waals surface area contributed by atoms with Gasteiger partial charge in [0.2, 0.25) is 5.78 Å². The molecular weight excluding hydrogens is 434 g/mol. The number of nitrogens with one attached hydrogen (secondary N) is 1. The van der Waals surface area contributed by atoms with E-state index in [1.54, 1.807) is 24.3 Å². The van der Waals surface area contributed by atoms with Crippen molar-refractivity contribution >= 4 is 23.7 Å². The molecule has 2 aromatic carbocycles. The largest absolute Gasteiger partial charge is 0.497 e. The predicted molar refractivity (Wildman–Crippen MR) is 116 cm³/mol. The summed E-state index contributed by atoms with van der Waals surface area (Å²) in [6.07, 6.45) is 0.263. The van der Waals surface area contributed by atoms with Crippen molar-refractivity contribution in [3.05, 3.63) is 53.3 Å². The van der Waals surface area contributed by atoms with Crippen LogP contribution >= 0.6 is 0 Å². The number of amides is 1. The minimum atomic E-state index is -1.46. The number of allylic oxidation sites excluding steroid dienone is 1. The summed E-state index contributed by atoms with van der Waals surface area (Å²) in [4.78, 5) is 35.8. The lowest BCUT2D eigenvalue weighted by Crippen LogP contribution is -2.49. The summed E-state index contributed by atoms with van der Waals surface area (Å²) in [6.45, 7) is 0.758. The number of aliphatic carboxylic acids is 1. The van der Waals surface area contributed by atoms with Gasteiger partial charge in [-0.05, 0) is 43.3 Å². The number of hydrogen-bond donors (Lipinski definition) is 3. The second kappa shape index (κ2) is 10.0. The third-order valence-electron chi connectivity index (χ3n) is 4.80. The maximum absolute atomic E-state index is 12.7. The van der Waals surface area contributed by atoms with Crippen molar-refractivity contribution in [3.63, 3.8) is 0 Å². The fraction of sp³-hybridized carbons (Fsp3) is 0.261. The van der Waals surface area contributed by atoms with Crippen molar-refractivity contribution in [2.24, 2.45) is 0 Å². The van der Waals surface area contributed by atoms with Gasteiger partial charge < -0.3 is 34.5 Å². The smallest absolute Gasteiger partial charge is 0.328 e. The van der Waals surface area contributed by atoms with E-state index in [-0.39, 0.29) is 23.0 Å². The Hall–Kier alpha value is -4.05. The maximum atomic E-state index is 12.7. The first kappa shape index (κ1) is 23.6. The average Bonchev–Trinajstić information content (AvgIpc) is 3.10. The van der Waals surface area contributed by atoms with E-state index < -0.39 is 30.6 Å². The maximum Gasteiger partial charge on any atom is 0.328 e. The van der Waals surface area contributed by atoms with Crippen LogP contribution in [0.25, 0.3) is 6.08 Å². The first-order valence-electron chi connectivity index (χ1n) is 9.86. The first-order chi connectivity index (χ1) is 15.7. The number of benzene rings is 2. The van der Waals surface area contributed by atoms with Gasteiger partial charge in [0.05, 0.1) is 25.9 Å². The zero-order chi connectivity index (χ0) is 24.1. The van der Waals surface area contributed by atoms with Gasteiger partial charge in [0, 0.05) is 11.6 Å². The van der Waals surface area contributed by atoms with E-state index >= 15 is 0 Å². The van der Waals surface area contributed by atoms with Crippen LogP contribution in [-0.2, 0) is 9.59 Å². The molecule has 1 aliphatic rings. The van der Waals surface area contributed by atoms with Crippen molar-refractivity contribution in [2.75, 3.05) is 20.8 Å². The number of Topliss-reactive ketones (excluding diaryl/α,β-unsaturated/α-hetero) is 1. The summed E-state index contributed by atoms with van der Waals surface area (Å²) in [5, 5.41) is 20.6. The Labute approximate surface area is 189 Å². The zero-order valence-corrected chi connectivity index (χ0v) is 18.2. The van der Waals surface area contributed by atoms with Gasteiger partial charge in [-0.15, -0.1) is 0 Å². The summed E-state index contributed by atoms with van der Waals surface area (Å²) in [5.74, 6) is -0.753. The monoisotopic (exact) mass is 457 g/mol. The van der Waals surface area contributed by atoms with Gasteiger partial charge in [0.15, 0.2) is 18.4 Å². The molecular formula is C23H23NO9. The summed E-state index contributed by atoms with van der Waals surface area (Å²) in [7, 11) is 3.04. The Bertz CT molecular complexity index is 1110. The highest BCUT2D eigenvalue weighted by molar-refractivity contribution is 6.14. The molecule has 174 valence electrons. The Kier molecular flexibility index (Phi) is 7.19. The van der Waals surface area contributed by atoms with Crippen LogP contribution in [0.4, 0.5) is 0 Å². The topological polar surface area (TPSA) is 141 Å². The first-order valence-corrected chi connectivity index (χ1v) is 9.86. The molecule has 0 fully saturated rings. The van der Waals surface area contributed by atoms with E-state index in [2.05, 4.69) is 5.32 Å². The van der Waals surface area contributed by atoms with Crippen molar-refractivity contribution in [1.82, 2.24) is 5.32 Å². The molecule has 3 N–H and O–H groups in total. The molecule has 0 spiro atoms.